The number of amides is 2. The summed E-state index contributed by atoms with van der Waals surface area (Å²) >= 11 is 3.39. The summed E-state index contributed by atoms with van der Waals surface area (Å²) in [6.07, 6.45) is 0.518. The van der Waals surface area contributed by atoms with Crippen LogP contribution < -0.4 is 0 Å². The van der Waals surface area contributed by atoms with E-state index in [0.717, 1.165) is 14.9 Å². The maximum absolute atomic E-state index is 13.4. The number of ketones is 1. The van der Waals surface area contributed by atoms with E-state index in [9.17, 15) is 24.3 Å². The van der Waals surface area contributed by atoms with Gasteiger partial charge < -0.3 is 9.53 Å². The van der Waals surface area contributed by atoms with E-state index in [4.69, 9.17) is 4.43 Å². The lowest BCUT2D eigenvalue weighted by molar-refractivity contribution is -0.180. The van der Waals surface area contributed by atoms with Crippen molar-refractivity contribution in [3.8, 4) is 0 Å². The fourth-order valence-electron chi connectivity index (χ4n) is 4.46. The third kappa shape index (κ3) is 4.22. The minimum absolute atomic E-state index is 0.0913. The second-order valence-corrected chi connectivity index (χ2v) is 15.9. The van der Waals surface area contributed by atoms with E-state index in [1.807, 2.05) is 12.1 Å². The highest BCUT2D eigenvalue weighted by molar-refractivity contribution is 9.10. The van der Waals surface area contributed by atoms with Gasteiger partial charge in [0.1, 0.15) is 0 Å². The molecule has 1 aromatic rings. The van der Waals surface area contributed by atoms with Crippen LogP contribution in [0.25, 0.3) is 0 Å². The first-order chi connectivity index (χ1) is 14.7. The van der Waals surface area contributed by atoms with Crippen molar-refractivity contribution in [1.82, 2.24) is 4.90 Å². The normalized spacial score (nSPS) is 24.6. The molecule has 0 spiro atoms. The van der Waals surface area contributed by atoms with Crippen molar-refractivity contribution in [2.75, 3.05) is 0 Å². The average Bonchev–Trinajstić information content (AvgIpc) is 2.66. The van der Waals surface area contributed by atoms with Crippen LogP contribution in [0.5, 0.6) is 0 Å². The van der Waals surface area contributed by atoms with E-state index < -0.39 is 50.1 Å². The minimum Gasteiger partial charge on any atom is -0.474 e. The SMILES string of the molecule is C[C@@H](O[Si](C)(C)C(C)(C)C)[C@H]1C(=O)N(C(=O)C(=O)O)[C@@H]1[C@@H]1CCc2ccc(Br)cc2C1=O. The van der Waals surface area contributed by atoms with Gasteiger partial charge in [0.15, 0.2) is 14.1 Å². The van der Waals surface area contributed by atoms with Crippen molar-refractivity contribution >= 4 is 47.8 Å². The number of hydrogen-bond acceptors (Lipinski definition) is 5. The first-order valence-electron chi connectivity index (χ1n) is 10.8. The molecule has 0 aromatic heterocycles. The van der Waals surface area contributed by atoms with Gasteiger partial charge >= 0.3 is 11.9 Å². The third-order valence-electron chi connectivity index (χ3n) is 7.19. The van der Waals surface area contributed by atoms with Crippen molar-refractivity contribution in [2.45, 2.75) is 70.8 Å². The molecule has 0 radical (unpaired) electrons. The van der Waals surface area contributed by atoms with Crippen LogP contribution >= 0.6 is 15.9 Å². The molecule has 7 nitrogen and oxygen atoms in total. The summed E-state index contributed by atoms with van der Waals surface area (Å²) < 4.78 is 7.19. The number of carbonyl (C=O) groups excluding carboxylic acids is 3. The van der Waals surface area contributed by atoms with Crippen LogP contribution in [-0.4, -0.2) is 54.0 Å². The number of likely N-dealkylation sites (tertiary alicyclic amines) is 1. The number of fused-ring (bicyclic) bond motifs is 1. The fourth-order valence-corrected chi connectivity index (χ4v) is 6.25. The molecule has 0 saturated carbocycles. The Labute approximate surface area is 197 Å². The predicted molar refractivity (Wildman–Crippen MR) is 125 cm³/mol. The summed E-state index contributed by atoms with van der Waals surface area (Å²) in [6, 6.07) is 4.68. The van der Waals surface area contributed by atoms with Gasteiger partial charge in [0, 0.05) is 16.0 Å². The molecule has 1 fully saturated rings. The number of nitrogens with zero attached hydrogens (tertiary/aromatic N) is 1. The zero-order valence-corrected chi connectivity index (χ0v) is 21.9. The number of aliphatic carboxylic acids is 1. The molecule has 1 aliphatic heterocycles. The van der Waals surface area contributed by atoms with Crippen molar-refractivity contribution in [1.29, 1.82) is 0 Å². The Hall–Kier alpha value is -1.84. The smallest absolute Gasteiger partial charge is 0.395 e. The van der Waals surface area contributed by atoms with Gasteiger partial charge in [0.2, 0.25) is 5.91 Å². The molecule has 1 N–H and O–H groups in total. The summed E-state index contributed by atoms with van der Waals surface area (Å²) in [5.74, 6) is -5.14. The summed E-state index contributed by atoms with van der Waals surface area (Å²) in [6.45, 7) is 12.2. The molecule has 3 rings (SSSR count). The maximum Gasteiger partial charge on any atom is 0.395 e. The zero-order chi connectivity index (χ0) is 24.2. The number of Topliss-reactive ketones (excluding diaryl/α,β-unsaturated/α-hetero) is 1. The van der Waals surface area contributed by atoms with Crippen LogP contribution in [0, 0.1) is 11.8 Å². The molecule has 1 aliphatic carbocycles. The average molecular weight is 524 g/mol. The number of halogens is 1. The van der Waals surface area contributed by atoms with Crippen molar-refractivity contribution in [3.05, 3.63) is 33.8 Å². The highest BCUT2D eigenvalue weighted by atomic mass is 79.9. The van der Waals surface area contributed by atoms with Gasteiger partial charge in [-0.1, -0.05) is 42.8 Å². The molecule has 0 unspecified atom stereocenters. The Balaban J connectivity index is 1.96. The van der Waals surface area contributed by atoms with E-state index in [1.165, 1.54) is 0 Å². The first-order valence-corrected chi connectivity index (χ1v) is 14.5. The van der Waals surface area contributed by atoms with Gasteiger partial charge in [-0.2, -0.15) is 0 Å². The monoisotopic (exact) mass is 523 g/mol. The number of benzene rings is 1. The Morgan fingerprint density at radius 2 is 1.88 bits per heavy atom. The van der Waals surface area contributed by atoms with Gasteiger partial charge in [-0.05, 0) is 55.6 Å². The number of carboxylic acid groups (broad SMARTS) is 1. The maximum atomic E-state index is 13.4. The molecule has 1 saturated heterocycles. The Kier molecular flexibility index (Phi) is 6.58. The molecular formula is C23H30BrNO6Si. The van der Waals surface area contributed by atoms with Crippen LogP contribution in [0.15, 0.2) is 22.7 Å². The third-order valence-corrected chi connectivity index (χ3v) is 12.3. The van der Waals surface area contributed by atoms with Gasteiger partial charge in [0.25, 0.3) is 0 Å². The largest absolute Gasteiger partial charge is 0.474 e. The Morgan fingerprint density at radius 1 is 1.25 bits per heavy atom. The topological polar surface area (TPSA) is 101 Å². The zero-order valence-electron chi connectivity index (χ0n) is 19.3. The van der Waals surface area contributed by atoms with Gasteiger partial charge in [-0.15, -0.1) is 0 Å². The van der Waals surface area contributed by atoms with Crippen LogP contribution in [0.2, 0.25) is 18.1 Å². The summed E-state index contributed by atoms with van der Waals surface area (Å²) in [5.41, 5.74) is 1.47. The minimum atomic E-state index is -2.24. The number of hydrogen-bond donors (Lipinski definition) is 1. The molecule has 9 heteroatoms. The molecule has 4 atom stereocenters. The van der Waals surface area contributed by atoms with Crippen LogP contribution in [0.1, 0.15) is 50.0 Å². The quantitative estimate of drug-likeness (QED) is 0.363. The highest BCUT2D eigenvalue weighted by Crippen LogP contribution is 2.44. The van der Waals surface area contributed by atoms with E-state index in [0.29, 0.717) is 18.4 Å². The molecule has 1 aromatic carbocycles. The lowest BCUT2D eigenvalue weighted by atomic mass is 9.69. The second kappa shape index (κ2) is 8.50. The number of carboxylic acids is 1. The molecule has 2 amide bonds. The number of β-lactam (4-membered cyclic amide) rings is 1. The number of carbonyl (C=O) groups is 4. The van der Waals surface area contributed by atoms with Gasteiger partial charge in [0.05, 0.1) is 18.1 Å². The van der Waals surface area contributed by atoms with E-state index >= 15 is 0 Å². The molecule has 2 aliphatic rings. The fraction of sp³-hybridized carbons (Fsp3) is 0.565. The van der Waals surface area contributed by atoms with Crippen LogP contribution in [0.3, 0.4) is 0 Å². The Bertz CT molecular complexity index is 985. The molecule has 32 heavy (non-hydrogen) atoms. The Morgan fingerprint density at radius 3 is 2.44 bits per heavy atom. The van der Waals surface area contributed by atoms with Crippen molar-refractivity contribution < 1.29 is 28.7 Å². The number of aryl methyl sites for hydroxylation is 1. The standard InChI is InChI=1S/C23H30BrNO6Si/c1-12(31-32(5,6)23(2,3)4)17-18(25(20(17)27)21(28)22(29)30)15-10-8-13-7-9-14(24)11-16(13)19(15)26/h7,9,11-12,15,17-18H,8,10H2,1-6H3,(H,29,30)/t12-,15+,17-,18-/m1/s1. The molecule has 174 valence electrons. The van der Waals surface area contributed by atoms with E-state index in [-0.39, 0.29) is 10.8 Å². The van der Waals surface area contributed by atoms with Crippen LogP contribution in [-0.2, 0) is 25.2 Å². The van der Waals surface area contributed by atoms with Crippen molar-refractivity contribution in [2.24, 2.45) is 11.8 Å². The highest BCUT2D eigenvalue weighted by Gasteiger charge is 2.60. The lowest BCUT2D eigenvalue weighted by Gasteiger charge is -2.52. The van der Waals surface area contributed by atoms with Gasteiger partial charge in [-0.3, -0.25) is 19.3 Å². The molecule has 0 bridgehead atoms. The van der Waals surface area contributed by atoms with E-state index in [2.05, 4.69) is 49.8 Å². The van der Waals surface area contributed by atoms with Crippen molar-refractivity contribution in [3.63, 3.8) is 0 Å². The van der Waals surface area contributed by atoms with Gasteiger partial charge in [-0.25, -0.2) is 4.79 Å². The summed E-state index contributed by atoms with van der Waals surface area (Å²) in [7, 11) is -2.24. The molecule has 1 heterocycles. The second-order valence-electron chi connectivity index (χ2n) is 10.2. The molecular weight excluding hydrogens is 494 g/mol. The van der Waals surface area contributed by atoms with E-state index in [1.54, 1.807) is 13.0 Å². The number of rotatable bonds is 4. The number of imide groups is 1. The van der Waals surface area contributed by atoms with Crippen LogP contribution in [0.4, 0.5) is 0 Å². The predicted octanol–water partition coefficient (Wildman–Crippen LogP) is 4.04. The first kappa shape index (κ1) is 24.8. The summed E-state index contributed by atoms with van der Waals surface area (Å²) in [4.78, 5) is 51.0. The lowest BCUT2D eigenvalue weighted by Crippen LogP contribution is -2.71. The summed E-state index contributed by atoms with van der Waals surface area (Å²) in [5, 5.41) is 9.18.